The molecule has 0 amide bonds. The number of rotatable bonds is 13. The van der Waals surface area contributed by atoms with Crippen LogP contribution in [0, 0.1) is 0 Å². The Morgan fingerprint density at radius 2 is 1.78 bits per heavy atom. The zero-order valence-corrected chi connectivity index (χ0v) is 23.1. The number of carbonyl (C=O) groups is 2. The number of nitrogen functional groups attached to an aromatic ring is 1. The van der Waals surface area contributed by atoms with Gasteiger partial charge in [-0.15, -0.1) is 0 Å². The molecule has 1 aliphatic rings. The van der Waals surface area contributed by atoms with E-state index in [1.54, 1.807) is 45.5 Å². The van der Waals surface area contributed by atoms with Crippen LogP contribution in [0.3, 0.4) is 0 Å². The van der Waals surface area contributed by atoms with E-state index < -0.39 is 43.6 Å². The molecular weight excluding hydrogens is 503 g/mol. The first-order valence-electron chi connectivity index (χ1n) is 12.4. The van der Waals surface area contributed by atoms with Gasteiger partial charge in [0, 0.05) is 0 Å². The number of hydrogen-bond donors (Lipinski definition) is 2. The van der Waals surface area contributed by atoms with E-state index in [1.807, 2.05) is 0 Å². The molecule has 0 bridgehead atoms. The molecule has 1 fully saturated rings. The van der Waals surface area contributed by atoms with Crippen molar-refractivity contribution in [2.24, 2.45) is 0 Å². The number of nitrogens with zero attached hydrogens (tertiary/aromatic N) is 4. The van der Waals surface area contributed by atoms with Crippen molar-refractivity contribution in [1.29, 1.82) is 0 Å². The number of esters is 2. The molecule has 2 heterocycles. The van der Waals surface area contributed by atoms with Crippen LogP contribution in [-0.2, 0) is 39.4 Å². The SMILES string of the molecule is CC(C)OC(=O)[C@H](C)O[P@@](=O)(CO[C@H](C)Cn1cnc2c(N)ncnc21)NC1(C(=O)OC(C)C)CCC1. The summed E-state index contributed by atoms with van der Waals surface area (Å²) in [5, 5.41) is 2.91. The van der Waals surface area contributed by atoms with Gasteiger partial charge in [-0.25, -0.2) is 24.8 Å². The number of hydrogen-bond acceptors (Lipinski definition) is 11. The minimum absolute atomic E-state index is 0.265. The van der Waals surface area contributed by atoms with Gasteiger partial charge in [-0.05, 0) is 60.8 Å². The molecular formula is C23H37N6O7P. The third kappa shape index (κ3) is 7.25. The lowest BCUT2D eigenvalue weighted by atomic mass is 9.78. The zero-order valence-electron chi connectivity index (χ0n) is 22.2. The molecule has 37 heavy (non-hydrogen) atoms. The first-order valence-corrected chi connectivity index (χ1v) is 14.2. The molecule has 0 radical (unpaired) electrons. The first-order chi connectivity index (χ1) is 17.3. The quantitative estimate of drug-likeness (QED) is 0.282. The van der Waals surface area contributed by atoms with E-state index in [2.05, 4.69) is 20.0 Å². The Morgan fingerprint density at radius 3 is 2.38 bits per heavy atom. The van der Waals surface area contributed by atoms with Crippen LogP contribution in [0.25, 0.3) is 11.2 Å². The van der Waals surface area contributed by atoms with Gasteiger partial charge in [0.05, 0.1) is 31.2 Å². The summed E-state index contributed by atoms with van der Waals surface area (Å²) >= 11 is 0. The van der Waals surface area contributed by atoms with E-state index in [4.69, 9.17) is 24.5 Å². The molecule has 3 rings (SSSR count). The summed E-state index contributed by atoms with van der Waals surface area (Å²) in [6, 6.07) is 0. The van der Waals surface area contributed by atoms with E-state index in [-0.39, 0.29) is 18.0 Å². The van der Waals surface area contributed by atoms with Crippen LogP contribution in [0.15, 0.2) is 12.7 Å². The molecule has 1 saturated carbocycles. The number of aromatic nitrogens is 4. The van der Waals surface area contributed by atoms with Gasteiger partial charge >= 0.3 is 11.9 Å². The number of nitrogens with one attached hydrogen (secondary N) is 1. The Balaban J connectivity index is 1.75. The Kier molecular flexibility index (Phi) is 9.27. The normalized spacial score (nSPS) is 18.3. The monoisotopic (exact) mass is 540 g/mol. The maximum Gasteiger partial charge on any atom is 0.335 e. The van der Waals surface area contributed by atoms with Crippen molar-refractivity contribution in [3.8, 4) is 0 Å². The molecule has 206 valence electrons. The maximum absolute atomic E-state index is 14.0. The molecule has 0 saturated heterocycles. The summed E-state index contributed by atoms with van der Waals surface area (Å²) in [7, 11) is -3.90. The summed E-state index contributed by atoms with van der Waals surface area (Å²) in [5.74, 6) is -0.911. The second kappa shape index (κ2) is 11.8. The van der Waals surface area contributed by atoms with Gasteiger partial charge in [-0.2, -0.15) is 0 Å². The Hall–Kier alpha value is -2.60. The first kappa shape index (κ1) is 29.0. The average molecular weight is 541 g/mol. The van der Waals surface area contributed by atoms with Crippen molar-refractivity contribution in [2.75, 3.05) is 12.1 Å². The maximum atomic E-state index is 14.0. The summed E-state index contributed by atoms with van der Waals surface area (Å²) in [6.45, 7) is 10.4. The van der Waals surface area contributed by atoms with E-state index in [0.717, 1.165) is 6.42 Å². The number of carbonyl (C=O) groups excluding carboxylic acids is 2. The minimum atomic E-state index is -3.90. The molecule has 0 aliphatic heterocycles. The van der Waals surface area contributed by atoms with Crippen molar-refractivity contribution >= 4 is 36.4 Å². The highest BCUT2D eigenvalue weighted by Crippen LogP contribution is 2.50. The summed E-state index contributed by atoms with van der Waals surface area (Å²) < 4.78 is 38.1. The lowest BCUT2D eigenvalue weighted by Gasteiger charge is -2.42. The highest BCUT2D eigenvalue weighted by Gasteiger charge is 2.51. The van der Waals surface area contributed by atoms with Crippen molar-refractivity contribution in [3.05, 3.63) is 12.7 Å². The van der Waals surface area contributed by atoms with Gasteiger partial charge < -0.3 is 29.0 Å². The highest BCUT2D eigenvalue weighted by molar-refractivity contribution is 7.56. The van der Waals surface area contributed by atoms with Crippen LogP contribution in [0.4, 0.5) is 5.82 Å². The van der Waals surface area contributed by atoms with Crippen molar-refractivity contribution in [3.63, 3.8) is 0 Å². The Bertz CT molecular complexity index is 1150. The second-order valence-corrected chi connectivity index (χ2v) is 11.9. The summed E-state index contributed by atoms with van der Waals surface area (Å²) in [4.78, 5) is 37.7. The summed E-state index contributed by atoms with van der Waals surface area (Å²) in [6.07, 6.45) is 1.78. The highest BCUT2D eigenvalue weighted by atomic mass is 31.2. The van der Waals surface area contributed by atoms with Gasteiger partial charge in [0.25, 0.3) is 7.52 Å². The van der Waals surface area contributed by atoms with Crippen molar-refractivity contribution < 1.29 is 32.9 Å². The zero-order chi connectivity index (χ0) is 27.4. The van der Waals surface area contributed by atoms with Crippen molar-refractivity contribution in [2.45, 2.75) is 97.3 Å². The number of anilines is 1. The Morgan fingerprint density at radius 1 is 1.11 bits per heavy atom. The van der Waals surface area contributed by atoms with E-state index in [9.17, 15) is 14.2 Å². The van der Waals surface area contributed by atoms with E-state index in [0.29, 0.717) is 30.6 Å². The number of nitrogens with two attached hydrogens (primary N) is 1. The topological polar surface area (TPSA) is 170 Å². The number of fused-ring (bicyclic) bond motifs is 1. The smallest absolute Gasteiger partial charge is 0.335 e. The fourth-order valence-electron chi connectivity index (χ4n) is 3.85. The molecule has 2 aromatic heterocycles. The predicted molar refractivity (Wildman–Crippen MR) is 135 cm³/mol. The lowest BCUT2D eigenvalue weighted by Crippen LogP contribution is -2.57. The minimum Gasteiger partial charge on any atom is -0.462 e. The van der Waals surface area contributed by atoms with Crippen LogP contribution >= 0.6 is 7.52 Å². The van der Waals surface area contributed by atoms with Crippen LogP contribution < -0.4 is 10.8 Å². The van der Waals surface area contributed by atoms with Crippen LogP contribution in [0.1, 0.15) is 60.8 Å². The lowest BCUT2D eigenvalue weighted by molar-refractivity contribution is -0.158. The van der Waals surface area contributed by atoms with Crippen LogP contribution in [0.5, 0.6) is 0 Å². The predicted octanol–water partition coefficient (Wildman–Crippen LogP) is 2.78. The largest absolute Gasteiger partial charge is 0.462 e. The van der Waals surface area contributed by atoms with E-state index in [1.165, 1.54) is 13.3 Å². The third-order valence-corrected chi connectivity index (χ3v) is 7.66. The molecule has 0 unspecified atom stereocenters. The average Bonchev–Trinajstić information content (AvgIpc) is 3.18. The van der Waals surface area contributed by atoms with Gasteiger partial charge in [0.1, 0.15) is 23.7 Å². The van der Waals surface area contributed by atoms with Gasteiger partial charge in [-0.3, -0.25) is 9.36 Å². The molecule has 1 aliphatic carbocycles. The second-order valence-electron chi connectivity index (χ2n) is 9.84. The van der Waals surface area contributed by atoms with Crippen LogP contribution in [-0.4, -0.2) is 67.8 Å². The third-order valence-electron chi connectivity index (χ3n) is 5.75. The standard InChI is InChI=1S/C23H37N6O7P/c1-14(2)34-21(30)17(6)36-37(32,28-23(8-7-9-23)22(31)35-15(3)4)13-33-16(5)10-29-12-27-18-19(24)25-11-26-20(18)29/h11-12,14-17H,7-10,13H2,1-6H3,(H,28,32)(H2,24,25,26)/t16-,17+,37+/m1/s1. The number of ether oxygens (including phenoxy) is 3. The summed E-state index contributed by atoms with van der Waals surface area (Å²) in [5.41, 5.74) is 5.68. The fourth-order valence-corrected chi connectivity index (χ4v) is 6.04. The molecule has 3 N–H and O–H groups in total. The fraction of sp³-hybridized carbons (Fsp3) is 0.696. The van der Waals surface area contributed by atoms with Crippen LogP contribution in [0.2, 0.25) is 0 Å². The molecule has 13 nitrogen and oxygen atoms in total. The molecule has 3 atom stereocenters. The molecule has 2 aromatic rings. The van der Waals surface area contributed by atoms with Gasteiger partial charge in [0.2, 0.25) is 0 Å². The molecule has 0 spiro atoms. The van der Waals surface area contributed by atoms with Gasteiger partial charge in [0.15, 0.2) is 17.6 Å². The molecule has 14 heteroatoms. The van der Waals surface area contributed by atoms with Gasteiger partial charge in [-0.1, -0.05) is 0 Å². The number of imidazole rings is 1. The Labute approximate surface area is 216 Å². The van der Waals surface area contributed by atoms with E-state index >= 15 is 0 Å². The van der Waals surface area contributed by atoms with Crippen molar-refractivity contribution in [1.82, 2.24) is 24.6 Å². The molecule has 0 aromatic carbocycles.